The number of rotatable bonds is 10. The van der Waals surface area contributed by atoms with Gasteiger partial charge in [-0.05, 0) is 55.4 Å². The number of para-hydroxylation sites is 1. The van der Waals surface area contributed by atoms with Crippen LogP contribution in [0.2, 0.25) is 0 Å². The summed E-state index contributed by atoms with van der Waals surface area (Å²) in [4.78, 5) is 26.3. The van der Waals surface area contributed by atoms with Crippen LogP contribution in [0.3, 0.4) is 0 Å². The molecular formula is C31H38N8O4S. The van der Waals surface area contributed by atoms with E-state index < -0.39 is 10.0 Å². The lowest BCUT2D eigenvalue weighted by atomic mass is 10.0. The number of nitrogens with one attached hydrogen (secondary N) is 3. The molecule has 1 amide bonds. The van der Waals surface area contributed by atoms with Crippen molar-refractivity contribution in [1.82, 2.24) is 19.2 Å². The molecule has 1 fully saturated rings. The number of carbonyl (C=O) groups excluding carboxylic acids is 1. The van der Waals surface area contributed by atoms with E-state index in [2.05, 4.69) is 44.4 Å². The number of piperazine rings is 1. The van der Waals surface area contributed by atoms with Gasteiger partial charge in [0.1, 0.15) is 10.7 Å². The number of benzene rings is 2. The zero-order valence-electron chi connectivity index (χ0n) is 25.2. The van der Waals surface area contributed by atoms with E-state index in [4.69, 9.17) is 9.72 Å². The van der Waals surface area contributed by atoms with Crippen LogP contribution < -0.4 is 20.9 Å². The highest BCUT2D eigenvalue weighted by molar-refractivity contribution is 7.89. The normalized spacial score (nSPS) is 15.9. The Kier molecular flexibility index (Phi) is 9.59. The SMILES string of the molecule is C=CC(=O)Nc1cc(Nc2ncc(C3=CCOCC3)c(Nc3ccccc3S(=O)(=O)N(C)C)n2)cc(N2CCN(C)CC2)c1. The molecule has 0 atom stereocenters. The molecule has 44 heavy (non-hydrogen) atoms. The molecule has 5 rings (SSSR count). The molecule has 13 heteroatoms. The van der Waals surface area contributed by atoms with Gasteiger partial charge >= 0.3 is 0 Å². The molecule has 2 aliphatic rings. The fraction of sp³-hybridized carbons (Fsp3) is 0.323. The fourth-order valence-corrected chi connectivity index (χ4v) is 6.03. The van der Waals surface area contributed by atoms with Crippen molar-refractivity contribution in [2.24, 2.45) is 0 Å². The number of likely N-dealkylation sites (N-methyl/N-ethyl adjacent to an activating group) is 1. The fourth-order valence-electron chi connectivity index (χ4n) is 4.99. The summed E-state index contributed by atoms with van der Waals surface area (Å²) >= 11 is 0. The van der Waals surface area contributed by atoms with Gasteiger partial charge in [-0.1, -0.05) is 24.8 Å². The summed E-state index contributed by atoms with van der Waals surface area (Å²) in [5, 5.41) is 9.44. The second-order valence-corrected chi connectivity index (χ2v) is 12.9. The first kappa shape index (κ1) is 31.1. The van der Waals surface area contributed by atoms with Crippen molar-refractivity contribution in [2.45, 2.75) is 11.3 Å². The maximum absolute atomic E-state index is 13.1. The summed E-state index contributed by atoms with van der Waals surface area (Å²) in [7, 11) is 1.37. The lowest BCUT2D eigenvalue weighted by Crippen LogP contribution is -2.44. The number of hydrogen-bond donors (Lipinski definition) is 3. The van der Waals surface area contributed by atoms with Gasteiger partial charge in [-0.25, -0.2) is 17.7 Å². The minimum atomic E-state index is -3.73. The molecule has 1 aromatic heterocycles. The predicted octanol–water partition coefficient (Wildman–Crippen LogP) is 3.89. The minimum absolute atomic E-state index is 0.132. The Bertz CT molecular complexity index is 1670. The molecule has 3 heterocycles. The first-order chi connectivity index (χ1) is 21.1. The first-order valence-electron chi connectivity index (χ1n) is 14.4. The number of ether oxygens (including phenoxy) is 1. The van der Waals surface area contributed by atoms with Crippen LogP contribution in [0.4, 0.5) is 34.5 Å². The summed E-state index contributed by atoms with van der Waals surface area (Å²) in [5.41, 5.74) is 4.39. The van der Waals surface area contributed by atoms with E-state index in [1.54, 1.807) is 30.5 Å². The van der Waals surface area contributed by atoms with Crippen LogP contribution in [-0.2, 0) is 19.6 Å². The van der Waals surface area contributed by atoms with E-state index in [1.807, 2.05) is 24.3 Å². The number of carbonyl (C=O) groups is 1. The Morgan fingerprint density at radius 3 is 2.52 bits per heavy atom. The van der Waals surface area contributed by atoms with E-state index in [9.17, 15) is 13.2 Å². The van der Waals surface area contributed by atoms with Gasteiger partial charge in [-0.15, -0.1) is 0 Å². The van der Waals surface area contributed by atoms with Crippen LogP contribution in [0.15, 0.2) is 72.3 Å². The van der Waals surface area contributed by atoms with Crippen LogP contribution >= 0.6 is 0 Å². The van der Waals surface area contributed by atoms with Gasteiger partial charge in [0.15, 0.2) is 0 Å². The zero-order chi connectivity index (χ0) is 31.3. The third kappa shape index (κ3) is 7.25. The highest BCUT2D eigenvalue weighted by atomic mass is 32.2. The molecule has 0 bridgehead atoms. The molecule has 1 saturated heterocycles. The average molecular weight is 619 g/mol. The van der Waals surface area contributed by atoms with Gasteiger partial charge < -0.3 is 30.5 Å². The molecule has 12 nitrogen and oxygen atoms in total. The summed E-state index contributed by atoms with van der Waals surface area (Å²) in [6, 6.07) is 12.5. The first-order valence-corrected chi connectivity index (χ1v) is 15.8. The van der Waals surface area contributed by atoms with Crippen molar-refractivity contribution in [3.05, 3.63) is 73.0 Å². The third-order valence-electron chi connectivity index (χ3n) is 7.49. The van der Waals surface area contributed by atoms with Crippen molar-refractivity contribution in [3.63, 3.8) is 0 Å². The van der Waals surface area contributed by atoms with Gasteiger partial charge in [0.05, 0.1) is 18.9 Å². The quantitative estimate of drug-likeness (QED) is 0.288. The molecule has 0 aliphatic carbocycles. The Morgan fingerprint density at radius 1 is 1.07 bits per heavy atom. The number of nitrogens with zero attached hydrogens (tertiary/aromatic N) is 5. The summed E-state index contributed by atoms with van der Waals surface area (Å²) in [6.07, 6.45) is 5.61. The highest BCUT2D eigenvalue weighted by Crippen LogP contribution is 2.33. The smallest absolute Gasteiger partial charge is 0.247 e. The van der Waals surface area contributed by atoms with E-state index >= 15 is 0 Å². The van der Waals surface area contributed by atoms with Crippen molar-refractivity contribution < 1.29 is 17.9 Å². The molecule has 3 aromatic rings. The van der Waals surface area contributed by atoms with E-state index in [1.165, 1.54) is 24.5 Å². The average Bonchev–Trinajstić information content (AvgIpc) is 3.02. The number of amides is 1. The van der Waals surface area contributed by atoms with Crippen LogP contribution in [-0.4, -0.2) is 94.0 Å². The molecule has 2 aliphatic heterocycles. The Labute approximate surface area is 258 Å². The second-order valence-electron chi connectivity index (χ2n) is 10.8. The maximum Gasteiger partial charge on any atom is 0.247 e. The van der Waals surface area contributed by atoms with Crippen LogP contribution in [0.25, 0.3) is 5.57 Å². The van der Waals surface area contributed by atoms with Crippen molar-refractivity contribution in [1.29, 1.82) is 0 Å². The standard InChI is InChI=1S/C31H38N8O4S/c1-5-29(40)33-23-18-24(20-25(19-23)39-14-12-38(4)13-15-39)34-31-32-21-26(22-10-16-43-17-11-22)30(36-31)35-27-8-6-7-9-28(27)44(41,42)37(2)3/h5-10,18-21H,1,11-17H2,2-4H3,(H,33,40)(H2,32,34,35,36). The lowest BCUT2D eigenvalue weighted by molar-refractivity contribution is -0.111. The number of sulfonamides is 1. The number of aromatic nitrogens is 2. The Balaban J connectivity index is 1.53. The summed E-state index contributed by atoms with van der Waals surface area (Å²) in [5.74, 6) is 0.440. The van der Waals surface area contributed by atoms with Gasteiger partial charge in [0, 0.05) is 69.1 Å². The molecule has 232 valence electrons. The zero-order valence-corrected chi connectivity index (χ0v) is 26.0. The Morgan fingerprint density at radius 2 is 1.82 bits per heavy atom. The summed E-state index contributed by atoms with van der Waals surface area (Å²) < 4.78 is 32.9. The highest BCUT2D eigenvalue weighted by Gasteiger charge is 2.23. The van der Waals surface area contributed by atoms with Crippen molar-refractivity contribution in [3.8, 4) is 0 Å². The van der Waals surface area contributed by atoms with Gasteiger partial charge in [0.2, 0.25) is 21.9 Å². The topological polar surface area (TPSA) is 132 Å². The molecule has 0 spiro atoms. The maximum atomic E-state index is 13.1. The molecular weight excluding hydrogens is 580 g/mol. The van der Waals surface area contributed by atoms with E-state index in [0.29, 0.717) is 48.5 Å². The number of hydrogen-bond acceptors (Lipinski definition) is 10. The van der Waals surface area contributed by atoms with Crippen LogP contribution in [0.5, 0.6) is 0 Å². The van der Waals surface area contributed by atoms with E-state index in [0.717, 1.165) is 43.0 Å². The molecule has 0 saturated carbocycles. The molecule has 3 N–H and O–H groups in total. The largest absolute Gasteiger partial charge is 0.377 e. The van der Waals surface area contributed by atoms with Gasteiger partial charge in [-0.3, -0.25) is 4.79 Å². The van der Waals surface area contributed by atoms with Crippen molar-refractivity contribution >= 4 is 56.0 Å². The van der Waals surface area contributed by atoms with E-state index in [-0.39, 0.29) is 10.8 Å². The Hall–Kier alpha value is -4.30. The molecule has 0 radical (unpaired) electrons. The number of anilines is 6. The van der Waals surface area contributed by atoms with Crippen LogP contribution in [0, 0.1) is 0 Å². The monoisotopic (exact) mass is 618 g/mol. The van der Waals surface area contributed by atoms with Crippen LogP contribution in [0.1, 0.15) is 12.0 Å². The van der Waals surface area contributed by atoms with Crippen molar-refractivity contribution in [2.75, 3.05) is 81.4 Å². The predicted molar refractivity (Wildman–Crippen MR) is 174 cm³/mol. The molecule has 0 unspecified atom stereocenters. The second kappa shape index (κ2) is 13.6. The third-order valence-corrected chi connectivity index (χ3v) is 9.37. The summed E-state index contributed by atoms with van der Waals surface area (Å²) in [6.45, 7) is 8.16. The minimum Gasteiger partial charge on any atom is -0.377 e. The lowest BCUT2D eigenvalue weighted by Gasteiger charge is -2.34. The van der Waals surface area contributed by atoms with Gasteiger partial charge in [0.25, 0.3) is 0 Å². The van der Waals surface area contributed by atoms with Gasteiger partial charge in [-0.2, -0.15) is 4.98 Å². The molecule has 2 aromatic carbocycles.